The van der Waals surface area contributed by atoms with E-state index in [1.165, 1.54) is 6.08 Å². The number of ketones is 1. The average Bonchev–Trinajstić information content (AvgIpc) is 3.06. The summed E-state index contributed by atoms with van der Waals surface area (Å²) in [6.45, 7) is 11.0. The number of pyridine rings is 1. The van der Waals surface area contributed by atoms with Gasteiger partial charge in [-0.05, 0) is 77.9 Å². The largest absolute Gasteiger partial charge is 0.445 e. The van der Waals surface area contributed by atoms with E-state index in [1.54, 1.807) is 24.5 Å². The number of alkyl carbamates (subject to hydrolysis) is 1. The molecule has 0 saturated heterocycles. The lowest BCUT2D eigenvalue weighted by atomic mass is 9.31. The van der Waals surface area contributed by atoms with Gasteiger partial charge in [-0.25, -0.2) is 4.79 Å². The van der Waals surface area contributed by atoms with Crippen molar-refractivity contribution < 1.29 is 24.2 Å². The van der Waals surface area contributed by atoms with Gasteiger partial charge in [0.2, 0.25) is 0 Å². The van der Waals surface area contributed by atoms with Crippen molar-refractivity contribution in [2.45, 2.75) is 72.8 Å². The lowest BCUT2D eigenvalue weighted by Gasteiger charge is -2.72. The molecule has 2 N–H and O–H groups in total. The van der Waals surface area contributed by atoms with Gasteiger partial charge in [0, 0.05) is 42.3 Å². The number of imide groups is 1. The zero-order valence-electron chi connectivity index (χ0n) is 22.6. The summed E-state index contributed by atoms with van der Waals surface area (Å²) >= 11 is 0. The first-order chi connectivity index (χ1) is 17.4. The van der Waals surface area contributed by atoms with E-state index in [1.807, 2.05) is 6.07 Å². The highest BCUT2D eigenvalue weighted by Gasteiger charge is 2.81. The van der Waals surface area contributed by atoms with E-state index in [9.17, 15) is 19.5 Å². The number of carbonyl (C=O) groups is 3. The third-order valence-electron chi connectivity index (χ3n) is 11.5. The van der Waals surface area contributed by atoms with Crippen molar-refractivity contribution in [1.29, 1.82) is 0 Å². The first kappa shape index (κ1) is 26.1. The highest BCUT2D eigenvalue weighted by molar-refractivity contribution is 6.00. The minimum absolute atomic E-state index is 0.00402. The summed E-state index contributed by atoms with van der Waals surface area (Å²) in [5.41, 5.74) is -0.459. The second-order valence-electron chi connectivity index (χ2n) is 13.0. The molecule has 7 heteroatoms. The molecule has 1 aromatic heterocycles. The lowest BCUT2D eigenvalue weighted by molar-refractivity contribution is -0.250. The minimum atomic E-state index is -0.786. The summed E-state index contributed by atoms with van der Waals surface area (Å²) < 4.78 is 6.14. The highest BCUT2D eigenvalue weighted by Crippen LogP contribution is 2.83. The number of aliphatic hydroxyl groups is 1. The van der Waals surface area contributed by atoms with E-state index < -0.39 is 28.9 Å². The molecule has 2 amide bonds. The number of ether oxygens (including phenoxy) is 1. The fourth-order valence-corrected chi connectivity index (χ4v) is 9.28. The summed E-state index contributed by atoms with van der Waals surface area (Å²) in [6.07, 6.45) is 8.54. The van der Waals surface area contributed by atoms with Crippen LogP contribution in [0.3, 0.4) is 0 Å². The third-order valence-corrected chi connectivity index (χ3v) is 11.5. The SMILES string of the molecule is CC1[C@H](C)C23CCC(=O)C4(C[C@@H](C)[C@](C)(C42)[C@H](OC(=O)NC(=O)/C=C/c2cccnc2)C[C@@]1(C)CO)C3. The molecule has 0 aromatic carbocycles. The monoisotopic (exact) mass is 508 g/mol. The van der Waals surface area contributed by atoms with Gasteiger partial charge in [0.1, 0.15) is 11.9 Å². The van der Waals surface area contributed by atoms with E-state index >= 15 is 0 Å². The van der Waals surface area contributed by atoms with Crippen LogP contribution in [-0.4, -0.2) is 40.6 Å². The minimum Gasteiger partial charge on any atom is -0.445 e. The molecule has 0 radical (unpaired) electrons. The van der Waals surface area contributed by atoms with Crippen LogP contribution < -0.4 is 5.32 Å². The smallest absolute Gasteiger partial charge is 0.414 e. The van der Waals surface area contributed by atoms with Gasteiger partial charge in [0.15, 0.2) is 0 Å². The predicted molar refractivity (Wildman–Crippen MR) is 139 cm³/mol. The van der Waals surface area contributed by atoms with Crippen LogP contribution in [0.25, 0.3) is 6.08 Å². The van der Waals surface area contributed by atoms with Crippen LogP contribution >= 0.6 is 0 Å². The van der Waals surface area contributed by atoms with Gasteiger partial charge in [-0.2, -0.15) is 0 Å². The zero-order chi connectivity index (χ0) is 26.8. The average molecular weight is 509 g/mol. The van der Waals surface area contributed by atoms with Gasteiger partial charge in [-0.15, -0.1) is 0 Å². The Morgan fingerprint density at radius 3 is 2.65 bits per heavy atom. The van der Waals surface area contributed by atoms with Gasteiger partial charge in [0.25, 0.3) is 5.91 Å². The fourth-order valence-electron chi connectivity index (χ4n) is 9.28. The van der Waals surface area contributed by atoms with Crippen LogP contribution in [-0.2, 0) is 14.3 Å². The molecule has 4 unspecified atom stereocenters. The van der Waals surface area contributed by atoms with Crippen molar-refractivity contribution in [2.75, 3.05) is 6.61 Å². The molecule has 0 aliphatic heterocycles. The lowest BCUT2D eigenvalue weighted by Crippen LogP contribution is -2.71. The number of aliphatic hydroxyl groups excluding tert-OH is 1. The summed E-state index contributed by atoms with van der Waals surface area (Å²) in [5, 5.41) is 13.0. The topological polar surface area (TPSA) is 106 Å². The quantitative estimate of drug-likeness (QED) is 0.567. The van der Waals surface area contributed by atoms with Crippen LogP contribution in [0.5, 0.6) is 0 Å². The Kier molecular flexibility index (Phi) is 6.17. The van der Waals surface area contributed by atoms with E-state index in [-0.39, 0.29) is 35.2 Å². The number of hydrogen-bond acceptors (Lipinski definition) is 6. The molecular formula is C30H40N2O5. The number of aromatic nitrogens is 1. The standard InChI is InChI=1S/C30H40N2O5/c1-18-13-30-16-29(11-10-22(30)34)20(3)19(2)27(4,17-33)14-23(28(18,5)25(29)30)37-26(36)32-24(35)9-8-21-7-6-12-31-15-21/h6-9,12,15,18-20,23,25,33H,10-11,13-14,16-17H2,1-5H3,(H,32,35,36)/b9-8+/t18-,19?,20+,23-,25?,27+,28+,29?,30?/m1/s1. The van der Waals surface area contributed by atoms with Crippen molar-refractivity contribution in [1.82, 2.24) is 10.3 Å². The molecule has 1 heterocycles. The fraction of sp³-hybridized carbons (Fsp3) is 0.667. The Morgan fingerprint density at radius 1 is 1.22 bits per heavy atom. The van der Waals surface area contributed by atoms with Crippen LogP contribution in [0.1, 0.15) is 72.3 Å². The summed E-state index contributed by atoms with van der Waals surface area (Å²) in [6, 6.07) is 3.58. The van der Waals surface area contributed by atoms with Gasteiger partial charge < -0.3 is 9.84 Å². The van der Waals surface area contributed by atoms with E-state index in [0.717, 1.165) is 24.8 Å². The van der Waals surface area contributed by atoms with E-state index in [4.69, 9.17) is 4.74 Å². The molecule has 4 aliphatic rings. The molecule has 200 valence electrons. The zero-order valence-corrected chi connectivity index (χ0v) is 22.6. The molecular weight excluding hydrogens is 468 g/mol. The number of hydrogen-bond donors (Lipinski definition) is 2. The summed E-state index contributed by atoms with van der Waals surface area (Å²) in [4.78, 5) is 43.0. The second-order valence-corrected chi connectivity index (χ2v) is 13.0. The van der Waals surface area contributed by atoms with E-state index in [2.05, 4.69) is 44.9 Å². The molecule has 4 fully saturated rings. The Morgan fingerprint density at radius 2 is 1.97 bits per heavy atom. The molecule has 4 aliphatic carbocycles. The van der Waals surface area contributed by atoms with Crippen molar-refractivity contribution in [3.05, 3.63) is 36.2 Å². The molecule has 4 saturated carbocycles. The first-order valence-electron chi connectivity index (χ1n) is 13.7. The van der Waals surface area contributed by atoms with E-state index in [0.29, 0.717) is 24.5 Å². The van der Waals surface area contributed by atoms with Crippen molar-refractivity contribution >= 4 is 23.9 Å². The van der Waals surface area contributed by atoms with Gasteiger partial charge in [-0.1, -0.05) is 40.7 Å². The Bertz CT molecular complexity index is 1140. The molecule has 7 nitrogen and oxygen atoms in total. The van der Waals surface area contributed by atoms with Crippen LogP contribution in [0, 0.1) is 45.3 Å². The number of nitrogens with zero attached hydrogens (tertiary/aromatic N) is 1. The number of rotatable bonds is 4. The number of amides is 2. The van der Waals surface area contributed by atoms with Crippen molar-refractivity contribution in [3.63, 3.8) is 0 Å². The normalized spacial score (nSPS) is 44.4. The maximum atomic E-state index is 13.4. The van der Waals surface area contributed by atoms with Crippen molar-refractivity contribution in [2.24, 2.45) is 45.3 Å². The number of nitrogens with one attached hydrogen (secondary N) is 1. The molecule has 0 spiro atoms. The maximum Gasteiger partial charge on any atom is 0.414 e. The predicted octanol–water partition coefficient (Wildman–Crippen LogP) is 4.79. The van der Waals surface area contributed by atoms with Crippen LogP contribution in [0.4, 0.5) is 4.79 Å². The molecule has 9 atom stereocenters. The highest BCUT2D eigenvalue weighted by atomic mass is 16.6. The van der Waals surface area contributed by atoms with Crippen molar-refractivity contribution in [3.8, 4) is 0 Å². The Hall–Kier alpha value is -2.54. The van der Waals surface area contributed by atoms with Crippen LogP contribution in [0.2, 0.25) is 0 Å². The van der Waals surface area contributed by atoms with Gasteiger partial charge in [0.05, 0.1) is 0 Å². The number of Topliss-reactive ketones (excluding diaryl/α,β-unsaturated/α-hetero) is 1. The van der Waals surface area contributed by atoms with Crippen LogP contribution in [0.15, 0.2) is 30.6 Å². The molecule has 5 rings (SSSR count). The molecule has 2 bridgehead atoms. The van der Waals surface area contributed by atoms with Gasteiger partial charge in [-0.3, -0.25) is 19.9 Å². The first-order valence-corrected chi connectivity index (χ1v) is 13.7. The summed E-state index contributed by atoms with van der Waals surface area (Å²) in [7, 11) is 0. The Balaban J connectivity index is 1.45. The molecule has 1 aromatic rings. The van der Waals surface area contributed by atoms with Gasteiger partial charge >= 0.3 is 6.09 Å². The third kappa shape index (κ3) is 3.63. The second kappa shape index (κ2) is 8.75. The number of carbonyl (C=O) groups excluding carboxylic acids is 3. The molecule has 37 heavy (non-hydrogen) atoms. The summed E-state index contributed by atoms with van der Waals surface area (Å²) in [5.74, 6) is 0.642. The maximum absolute atomic E-state index is 13.4. The Labute approximate surface area is 219 Å².